The van der Waals surface area contributed by atoms with E-state index in [1.807, 2.05) is 0 Å². The van der Waals surface area contributed by atoms with Crippen molar-refractivity contribution in [2.24, 2.45) is 0 Å². The molecule has 1 N–H and O–H groups in total. The van der Waals surface area contributed by atoms with Crippen LogP contribution in [0.5, 0.6) is 5.75 Å². The summed E-state index contributed by atoms with van der Waals surface area (Å²) in [5.74, 6) is 0.649. The maximum absolute atomic E-state index is 11.7. The van der Waals surface area contributed by atoms with Gasteiger partial charge in [-0.05, 0) is 22.8 Å². The van der Waals surface area contributed by atoms with Crippen molar-refractivity contribution in [3.8, 4) is 5.75 Å². The molecule has 0 fully saturated rings. The number of aryl methyl sites for hydroxylation is 1. The first kappa shape index (κ1) is 20.5. The number of esters is 1. The van der Waals surface area contributed by atoms with E-state index in [0.717, 1.165) is 22.4 Å². The molecule has 136 valence electrons. The molecule has 1 aromatic rings. The minimum atomic E-state index is -0.283. The molecule has 0 saturated heterocycles. The quantitative estimate of drug-likeness (QED) is 0.804. The maximum atomic E-state index is 11.7. The summed E-state index contributed by atoms with van der Waals surface area (Å²) in [6.45, 7) is 12.9. The van der Waals surface area contributed by atoms with Crippen molar-refractivity contribution in [2.75, 3.05) is 20.3 Å². The second-order valence-electron chi connectivity index (χ2n) is 8.17. The van der Waals surface area contributed by atoms with Crippen LogP contribution in [-0.2, 0) is 26.8 Å². The zero-order chi connectivity index (χ0) is 18.5. The van der Waals surface area contributed by atoms with E-state index in [1.54, 1.807) is 7.11 Å². The molecule has 24 heavy (non-hydrogen) atoms. The molecule has 0 amide bonds. The largest absolute Gasteiger partial charge is 0.496 e. The fourth-order valence-electron chi connectivity index (χ4n) is 2.65. The van der Waals surface area contributed by atoms with Crippen LogP contribution in [0.3, 0.4) is 0 Å². The van der Waals surface area contributed by atoms with Crippen molar-refractivity contribution in [2.45, 2.75) is 65.2 Å². The van der Waals surface area contributed by atoms with Crippen LogP contribution in [0.4, 0.5) is 0 Å². The number of aliphatic hydroxyl groups is 1. The average Bonchev–Trinajstić information content (AvgIpc) is 2.48. The van der Waals surface area contributed by atoms with Gasteiger partial charge in [0.05, 0.1) is 13.7 Å². The summed E-state index contributed by atoms with van der Waals surface area (Å²) in [6.07, 6.45) is 0.917. The minimum absolute atomic E-state index is 0.0568. The van der Waals surface area contributed by atoms with Crippen LogP contribution in [0.1, 0.15) is 64.7 Å². The van der Waals surface area contributed by atoms with Crippen molar-refractivity contribution < 1.29 is 19.4 Å². The fourth-order valence-corrected chi connectivity index (χ4v) is 2.65. The number of aliphatic hydroxyl groups excluding tert-OH is 1. The smallest absolute Gasteiger partial charge is 0.306 e. The molecule has 0 unspecified atom stereocenters. The van der Waals surface area contributed by atoms with Gasteiger partial charge in [-0.2, -0.15) is 0 Å². The van der Waals surface area contributed by atoms with Gasteiger partial charge in [-0.25, -0.2) is 0 Å². The molecular weight excluding hydrogens is 304 g/mol. The van der Waals surface area contributed by atoms with Crippen LogP contribution in [-0.4, -0.2) is 31.4 Å². The molecule has 0 aromatic heterocycles. The molecule has 1 aromatic carbocycles. The van der Waals surface area contributed by atoms with E-state index >= 15 is 0 Å². The van der Waals surface area contributed by atoms with Crippen molar-refractivity contribution in [3.05, 3.63) is 28.8 Å². The summed E-state index contributed by atoms with van der Waals surface area (Å²) in [6, 6.07) is 4.26. The summed E-state index contributed by atoms with van der Waals surface area (Å²) < 4.78 is 10.7. The molecular formula is C20H32O4. The van der Waals surface area contributed by atoms with Gasteiger partial charge < -0.3 is 14.6 Å². The first-order valence-electron chi connectivity index (χ1n) is 8.49. The lowest BCUT2D eigenvalue weighted by molar-refractivity contribution is -0.144. The first-order valence-corrected chi connectivity index (χ1v) is 8.49. The predicted molar refractivity (Wildman–Crippen MR) is 96.8 cm³/mol. The monoisotopic (exact) mass is 336 g/mol. The summed E-state index contributed by atoms with van der Waals surface area (Å²) in [7, 11) is 1.71. The highest BCUT2D eigenvalue weighted by Gasteiger charge is 2.27. The highest BCUT2D eigenvalue weighted by molar-refractivity contribution is 5.69. The first-order chi connectivity index (χ1) is 11.0. The molecule has 1 rings (SSSR count). The molecule has 0 spiro atoms. The van der Waals surface area contributed by atoms with E-state index < -0.39 is 0 Å². The van der Waals surface area contributed by atoms with E-state index in [2.05, 4.69) is 53.7 Å². The molecule has 0 aliphatic carbocycles. The zero-order valence-electron chi connectivity index (χ0n) is 16.2. The third-order valence-electron chi connectivity index (χ3n) is 3.94. The predicted octanol–water partition coefficient (Wildman–Crippen LogP) is 3.76. The lowest BCUT2D eigenvalue weighted by atomic mass is 9.78. The van der Waals surface area contributed by atoms with Crippen LogP contribution < -0.4 is 4.74 Å². The molecule has 4 nitrogen and oxygen atoms in total. The van der Waals surface area contributed by atoms with E-state index in [1.165, 1.54) is 0 Å². The Balaban J connectivity index is 3.20. The molecule has 0 aliphatic heterocycles. The van der Waals surface area contributed by atoms with Crippen LogP contribution in [0, 0.1) is 0 Å². The highest BCUT2D eigenvalue weighted by atomic mass is 16.5. The Morgan fingerprint density at radius 1 is 1.04 bits per heavy atom. The number of carbonyl (C=O) groups excluding carboxylic acids is 1. The average molecular weight is 336 g/mol. The van der Waals surface area contributed by atoms with Gasteiger partial charge in [0.25, 0.3) is 0 Å². The van der Waals surface area contributed by atoms with Gasteiger partial charge in [-0.15, -0.1) is 0 Å². The van der Waals surface area contributed by atoms with Crippen LogP contribution >= 0.6 is 0 Å². The molecule has 0 bridgehead atoms. The van der Waals surface area contributed by atoms with Gasteiger partial charge >= 0.3 is 5.97 Å². The zero-order valence-corrected chi connectivity index (χ0v) is 16.2. The molecule has 0 aliphatic rings. The van der Waals surface area contributed by atoms with Gasteiger partial charge in [0.1, 0.15) is 12.4 Å². The minimum Gasteiger partial charge on any atom is -0.496 e. The molecule has 0 saturated carbocycles. The fraction of sp³-hybridized carbons (Fsp3) is 0.650. The van der Waals surface area contributed by atoms with Gasteiger partial charge in [-0.1, -0.05) is 53.7 Å². The second kappa shape index (κ2) is 8.02. The highest BCUT2D eigenvalue weighted by Crippen LogP contribution is 2.40. The number of hydrogen-bond acceptors (Lipinski definition) is 4. The molecule has 0 heterocycles. The summed E-state index contributed by atoms with van der Waals surface area (Å²) >= 11 is 0. The normalized spacial score (nSPS) is 12.2. The Kier molecular flexibility index (Phi) is 6.85. The van der Waals surface area contributed by atoms with Gasteiger partial charge in [0.15, 0.2) is 0 Å². The third kappa shape index (κ3) is 5.52. The summed E-state index contributed by atoms with van der Waals surface area (Å²) in [4.78, 5) is 11.7. The Morgan fingerprint density at radius 2 is 1.54 bits per heavy atom. The molecule has 0 atom stereocenters. The van der Waals surface area contributed by atoms with E-state index in [0.29, 0.717) is 12.8 Å². The lowest BCUT2D eigenvalue weighted by Crippen LogP contribution is -2.20. The Hall–Kier alpha value is -1.55. The Bertz CT molecular complexity index is 527. The number of carbonyl (C=O) groups is 1. The number of ether oxygens (including phenoxy) is 2. The van der Waals surface area contributed by atoms with Gasteiger partial charge in [-0.3, -0.25) is 4.79 Å². The van der Waals surface area contributed by atoms with E-state index in [4.69, 9.17) is 14.6 Å². The standard InChI is InChI=1S/C20H32O4/c1-19(2,3)15-12-14(8-9-17(22)24-11-10-21)13-16(18(15)23-7)20(4,5)6/h12-13,21H,8-11H2,1-7H3. The van der Waals surface area contributed by atoms with Crippen molar-refractivity contribution in [3.63, 3.8) is 0 Å². The third-order valence-corrected chi connectivity index (χ3v) is 3.94. The van der Waals surface area contributed by atoms with Crippen molar-refractivity contribution in [1.82, 2.24) is 0 Å². The Morgan fingerprint density at radius 3 is 1.92 bits per heavy atom. The lowest BCUT2D eigenvalue weighted by Gasteiger charge is -2.30. The van der Waals surface area contributed by atoms with Crippen LogP contribution in [0.2, 0.25) is 0 Å². The number of rotatable bonds is 6. The van der Waals surface area contributed by atoms with E-state index in [9.17, 15) is 4.79 Å². The van der Waals surface area contributed by atoms with Gasteiger partial charge in [0, 0.05) is 17.5 Å². The van der Waals surface area contributed by atoms with Crippen molar-refractivity contribution in [1.29, 1.82) is 0 Å². The number of benzene rings is 1. The van der Waals surface area contributed by atoms with Crippen LogP contribution in [0.25, 0.3) is 0 Å². The van der Waals surface area contributed by atoms with Gasteiger partial charge in [0.2, 0.25) is 0 Å². The number of hydrogen-bond donors (Lipinski definition) is 1. The summed E-state index contributed by atoms with van der Waals surface area (Å²) in [5.41, 5.74) is 3.29. The molecule has 0 radical (unpaired) electrons. The molecule has 4 heteroatoms. The topological polar surface area (TPSA) is 55.8 Å². The summed E-state index contributed by atoms with van der Waals surface area (Å²) in [5, 5.41) is 8.72. The SMILES string of the molecule is COc1c(C(C)(C)C)cc(CCC(=O)OCCO)cc1C(C)(C)C. The maximum Gasteiger partial charge on any atom is 0.306 e. The van der Waals surface area contributed by atoms with Crippen molar-refractivity contribution >= 4 is 5.97 Å². The Labute approximate surface area is 146 Å². The van der Waals surface area contributed by atoms with E-state index in [-0.39, 0.29) is 30.0 Å². The van der Waals surface area contributed by atoms with Crippen LogP contribution in [0.15, 0.2) is 12.1 Å². The number of methoxy groups -OCH3 is 1. The second-order valence-corrected chi connectivity index (χ2v) is 8.17.